The van der Waals surface area contributed by atoms with Gasteiger partial charge in [0.2, 0.25) is 0 Å². The lowest BCUT2D eigenvalue weighted by Gasteiger charge is -2.28. The highest BCUT2D eigenvalue weighted by molar-refractivity contribution is 5.42. The van der Waals surface area contributed by atoms with Gasteiger partial charge in [-0.25, -0.2) is 0 Å². The van der Waals surface area contributed by atoms with Crippen LogP contribution in [0.3, 0.4) is 0 Å². The molecule has 0 heterocycles. The summed E-state index contributed by atoms with van der Waals surface area (Å²) in [5.74, 6) is 13.8. The van der Waals surface area contributed by atoms with Crippen molar-refractivity contribution in [1.82, 2.24) is 0 Å². The summed E-state index contributed by atoms with van der Waals surface area (Å²) in [6.07, 6.45) is 25.5. The van der Waals surface area contributed by atoms with Gasteiger partial charge in [-0.05, 0) is 335 Å². The highest BCUT2D eigenvalue weighted by Crippen LogP contribution is 2.36. The summed E-state index contributed by atoms with van der Waals surface area (Å²) in [4.78, 5) is 0. The smallest absolute Gasteiger partial charge is 0.157 e. The molecule has 4 saturated carbocycles. The minimum atomic E-state index is -0.0689. The molecule has 0 spiro atoms. The van der Waals surface area contributed by atoms with E-state index in [9.17, 15) is 5.11 Å². The summed E-state index contributed by atoms with van der Waals surface area (Å²) in [6, 6.07) is 45.0. The molecule has 9 N–H and O–H groups in total. The molecule has 0 saturated heterocycles. The van der Waals surface area contributed by atoms with Crippen molar-refractivity contribution >= 4 is 0 Å². The highest BCUT2D eigenvalue weighted by atomic mass is 16.3. The number of hydrogen-bond donors (Lipinski definition) is 9. The second-order valence-corrected chi connectivity index (χ2v) is 34.8. The van der Waals surface area contributed by atoms with E-state index in [0.29, 0.717) is 28.7 Å². The van der Waals surface area contributed by atoms with Crippen molar-refractivity contribution in [3.05, 3.63) is 230 Å². The van der Waals surface area contributed by atoms with Gasteiger partial charge in [0.25, 0.3) is 0 Å². The van der Waals surface area contributed by atoms with Crippen molar-refractivity contribution in [3.63, 3.8) is 0 Å². The van der Waals surface area contributed by atoms with Gasteiger partial charge in [-0.1, -0.05) is 249 Å². The first-order valence-corrected chi connectivity index (χ1v) is 42.0. The average Bonchev–Trinajstić information content (AvgIpc) is 0.840. The normalized spacial score (nSPS) is 18.6. The van der Waals surface area contributed by atoms with Crippen molar-refractivity contribution in [3.8, 4) is 51.7 Å². The molecule has 0 aliphatic heterocycles. The quantitative estimate of drug-likeness (QED) is 0.0702. The number of aromatic hydroxyl groups is 9. The standard InChI is InChI=1S/C18H22O.4C10H20.2C8H10O.2C7H8O2.2C7H8O.CH4/c1-12-5-8-18(19)17(10-12)7-6-16-11-13(2)9-14(3)15(16)4;4*1-8(2)10-6-4-9(3)5-7-10;2*1-6-3-4-7(2)8(9)5-6;1-5-2-3-6(8)4-7(5)9;1-5-2-3-6(8)7(9)4-5;2*1-6-2-4-7(8)5-3-6;/h5,8-11,19H,6-7H2,1-4H3;4*8-10H,4-7H2,1-3H3;2*3-5,9H,1-2H3;2*2-4,8-9H,1H3;2*2-5,8H,1H3;1H4. The van der Waals surface area contributed by atoms with Crippen LogP contribution in [0.5, 0.6) is 51.7 Å². The molecule has 0 amide bonds. The minimum absolute atomic E-state index is 0. The molecule has 0 unspecified atom stereocenters. The summed E-state index contributed by atoms with van der Waals surface area (Å²) in [5.41, 5.74) is 15.8. The highest BCUT2D eigenvalue weighted by Gasteiger charge is 2.23. The molecule has 624 valence electrons. The van der Waals surface area contributed by atoms with Gasteiger partial charge in [0.1, 0.15) is 40.2 Å². The molecular formula is C103H158O9. The predicted molar refractivity (Wildman–Crippen MR) is 481 cm³/mol. The van der Waals surface area contributed by atoms with Gasteiger partial charge in [-0.2, -0.15) is 0 Å². The summed E-state index contributed by atoms with van der Waals surface area (Å²) in [6.45, 7) is 52.3. The van der Waals surface area contributed by atoms with Gasteiger partial charge in [0.05, 0.1) is 0 Å². The Kier molecular flexibility index (Phi) is 49.7. The summed E-state index contributed by atoms with van der Waals surface area (Å²) in [5, 5.41) is 81.0. The monoisotopic (exact) mass is 1540 g/mol. The Balaban J connectivity index is 0.000000622. The molecular weight excluding hydrogens is 1380 g/mol. The van der Waals surface area contributed by atoms with E-state index in [0.717, 1.165) is 123 Å². The maximum atomic E-state index is 9.89. The lowest BCUT2D eigenvalue weighted by molar-refractivity contribution is 0.234. The molecule has 4 aliphatic rings. The number of aryl methyl sites for hydroxylation is 13. The maximum Gasteiger partial charge on any atom is 0.157 e. The van der Waals surface area contributed by atoms with Gasteiger partial charge in [0.15, 0.2) is 11.5 Å². The molecule has 112 heavy (non-hydrogen) atoms. The molecule has 12 rings (SSSR count). The van der Waals surface area contributed by atoms with E-state index in [1.54, 1.807) is 61.5 Å². The van der Waals surface area contributed by atoms with Crippen molar-refractivity contribution in [2.75, 3.05) is 0 Å². The fourth-order valence-electron chi connectivity index (χ4n) is 14.1. The van der Waals surface area contributed by atoms with Crippen LogP contribution >= 0.6 is 0 Å². The van der Waals surface area contributed by atoms with E-state index in [4.69, 9.17) is 40.9 Å². The molecule has 9 heteroatoms. The Morgan fingerprint density at radius 2 is 0.482 bits per heavy atom. The van der Waals surface area contributed by atoms with Gasteiger partial charge in [0, 0.05) is 6.07 Å². The summed E-state index contributed by atoms with van der Waals surface area (Å²) in [7, 11) is 0. The van der Waals surface area contributed by atoms with E-state index < -0.39 is 0 Å². The van der Waals surface area contributed by atoms with Crippen LogP contribution < -0.4 is 0 Å². The Bertz CT molecular complexity index is 3410. The topological polar surface area (TPSA) is 182 Å². The fraction of sp³-hybridized carbons (Fsp3) is 0.534. The Labute approximate surface area is 683 Å². The number of phenols is 9. The molecule has 0 bridgehead atoms. The van der Waals surface area contributed by atoms with Crippen molar-refractivity contribution in [2.24, 2.45) is 71.0 Å². The van der Waals surface area contributed by atoms with Crippen molar-refractivity contribution in [1.29, 1.82) is 0 Å². The second kappa shape index (κ2) is 54.6. The van der Waals surface area contributed by atoms with Crippen molar-refractivity contribution in [2.45, 2.75) is 289 Å². The van der Waals surface area contributed by atoms with Crippen LogP contribution in [-0.2, 0) is 12.8 Å². The molecule has 0 aromatic heterocycles. The van der Waals surface area contributed by atoms with Gasteiger partial charge >= 0.3 is 0 Å². The Hall–Kier alpha value is -8.04. The van der Waals surface area contributed by atoms with E-state index in [1.807, 2.05) is 103 Å². The zero-order valence-electron chi connectivity index (χ0n) is 73.6. The zero-order chi connectivity index (χ0) is 83.6. The van der Waals surface area contributed by atoms with Crippen LogP contribution in [0.4, 0.5) is 0 Å². The minimum Gasteiger partial charge on any atom is -0.508 e. The molecule has 4 fully saturated rings. The number of rotatable bonds is 7. The first-order chi connectivity index (χ1) is 52.1. The summed E-state index contributed by atoms with van der Waals surface area (Å²) >= 11 is 0. The van der Waals surface area contributed by atoms with E-state index in [2.05, 4.69) is 129 Å². The lowest BCUT2D eigenvalue weighted by atomic mass is 9.78. The van der Waals surface area contributed by atoms with E-state index in [-0.39, 0.29) is 30.4 Å². The third-order valence-corrected chi connectivity index (χ3v) is 23.0. The zero-order valence-corrected chi connectivity index (χ0v) is 73.6. The molecule has 0 radical (unpaired) electrons. The number of benzene rings is 8. The molecule has 9 nitrogen and oxygen atoms in total. The van der Waals surface area contributed by atoms with Crippen molar-refractivity contribution < 1.29 is 46.0 Å². The second-order valence-electron chi connectivity index (χ2n) is 34.8. The van der Waals surface area contributed by atoms with E-state index >= 15 is 0 Å². The average molecular weight is 1540 g/mol. The first-order valence-electron chi connectivity index (χ1n) is 42.0. The maximum absolute atomic E-state index is 9.89. The number of hydrogen-bond acceptors (Lipinski definition) is 9. The van der Waals surface area contributed by atoms with Crippen LogP contribution in [0.15, 0.2) is 152 Å². The fourth-order valence-corrected chi connectivity index (χ4v) is 14.1. The van der Waals surface area contributed by atoms with Crippen LogP contribution in [0.25, 0.3) is 0 Å². The predicted octanol–water partition coefficient (Wildman–Crippen LogP) is 29.2. The molecule has 8 aromatic carbocycles. The molecule has 8 aromatic rings. The summed E-state index contributed by atoms with van der Waals surface area (Å²) < 4.78 is 0. The van der Waals surface area contributed by atoms with Gasteiger partial charge in [-0.15, -0.1) is 0 Å². The lowest BCUT2D eigenvalue weighted by Crippen LogP contribution is -2.16. The largest absolute Gasteiger partial charge is 0.508 e. The molecule has 4 aliphatic carbocycles. The van der Waals surface area contributed by atoms with Crippen LogP contribution in [0, 0.1) is 154 Å². The Morgan fingerprint density at radius 3 is 0.750 bits per heavy atom. The van der Waals surface area contributed by atoms with Crippen LogP contribution in [0.2, 0.25) is 0 Å². The third kappa shape index (κ3) is 43.8. The number of phenolic OH excluding ortho intramolecular Hbond substituents is 9. The first kappa shape index (κ1) is 102. The SMILES string of the molecule is C.CC1CCC(C(C)C)CC1.CC1CCC(C(C)C)CC1.CC1CCC(C(C)C)CC1.CC1CCC(C(C)C)CC1.Cc1ccc(C)c(O)c1.Cc1ccc(C)c(O)c1.Cc1ccc(O)c(CCc2cc(C)cc(C)c2C)c1.Cc1ccc(O)c(O)c1.Cc1ccc(O)cc1.Cc1ccc(O)cc1.Cc1ccc(O)cc1O. The van der Waals surface area contributed by atoms with Gasteiger partial charge in [-0.3, -0.25) is 0 Å². The Morgan fingerprint density at radius 1 is 0.232 bits per heavy atom. The third-order valence-electron chi connectivity index (χ3n) is 23.0. The van der Waals surface area contributed by atoms with Gasteiger partial charge < -0.3 is 46.0 Å². The van der Waals surface area contributed by atoms with E-state index in [1.165, 1.54) is 166 Å². The van der Waals surface area contributed by atoms with Crippen LogP contribution in [-0.4, -0.2) is 46.0 Å². The molecule has 0 atom stereocenters. The van der Waals surface area contributed by atoms with Crippen LogP contribution in [0.1, 0.15) is 271 Å².